The minimum atomic E-state index is -4.30. The van der Waals surface area contributed by atoms with Crippen LogP contribution in [0.5, 0.6) is 0 Å². The Kier molecular flexibility index (Phi) is 3.52. The van der Waals surface area contributed by atoms with E-state index in [1.165, 1.54) is 12.1 Å². The molecule has 6 heteroatoms. The number of alkyl halides is 3. The summed E-state index contributed by atoms with van der Waals surface area (Å²) in [6, 6.07) is 3.93. The number of fused-ring (bicyclic) bond motifs is 1. The van der Waals surface area contributed by atoms with E-state index in [9.17, 15) is 13.2 Å². The number of rotatable bonds is 1. The molecule has 0 aromatic heterocycles. The fraction of sp³-hybridized carbons (Fsp3) is 0.600. The van der Waals surface area contributed by atoms with Gasteiger partial charge < -0.3 is 10.2 Å². The van der Waals surface area contributed by atoms with Crippen molar-refractivity contribution in [2.45, 2.75) is 25.6 Å². The number of benzene rings is 1. The highest BCUT2D eigenvalue weighted by molar-refractivity contribution is 9.10. The normalized spacial score (nSPS) is 28.0. The zero-order valence-electron chi connectivity index (χ0n) is 12.0. The van der Waals surface area contributed by atoms with E-state index < -0.39 is 11.7 Å². The van der Waals surface area contributed by atoms with Gasteiger partial charge in [0.1, 0.15) is 0 Å². The predicted octanol–water partition coefficient (Wildman–Crippen LogP) is 3.90. The first-order valence-corrected chi connectivity index (χ1v) is 7.85. The summed E-state index contributed by atoms with van der Waals surface area (Å²) >= 11 is 3.32. The van der Waals surface area contributed by atoms with E-state index in [-0.39, 0.29) is 5.54 Å². The lowest BCUT2D eigenvalue weighted by Gasteiger charge is -2.38. The second-order valence-electron chi connectivity index (χ2n) is 6.45. The zero-order valence-corrected chi connectivity index (χ0v) is 13.6. The average Bonchev–Trinajstić information content (AvgIpc) is 2.91. The fourth-order valence-corrected chi connectivity index (χ4v) is 4.33. The van der Waals surface area contributed by atoms with Gasteiger partial charge in [0.25, 0.3) is 0 Å². The Bertz CT molecular complexity index is 556. The minimum Gasteiger partial charge on any atom is -0.365 e. The van der Waals surface area contributed by atoms with Crippen LogP contribution in [-0.4, -0.2) is 25.2 Å². The van der Waals surface area contributed by atoms with Crippen molar-refractivity contribution in [3.63, 3.8) is 0 Å². The molecule has 116 valence electrons. The molecular weight excluding hydrogens is 345 g/mol. The Balaban J connectivity index is 1.94. The van der Waals surface area contributed by atoms with Gasteiger partial charge in [0.2, 0.25) is 0 Å². The largest absolute Gasteiger partial charge is 0.416 e. The Morgan fingerprint density at radius 3 is 2.57 bits per heavy atom. The van der Waals surface area contributed by atoms with E-state index in [0.29, 0.717) is 16.3 Å². The summed E-state index contributed by atoms with van der Waals surface area (Å²) in [6.07, 6.45) is -4.30. The van der Waals surface area contributed by atoms with Gasteiger partial charge in [0.15, 0.2) is 0 Å². The van der Waals surface area contributed by atoms with E-state index in [2.05, 4.69) is 40.0 Å². The number of hydrogen-bond donors (Lipinski definition) is 1. The van der Waals surface area contributed by atoms with Crippen LogP contribution >= 0.6 is 15.9 Å². The van der Waals surface area contributed by atoms with Crippen molar-refractivity contribution in [3.8, 4) is 0 Å². The average molecular weight is 363 g/mol. The molecule has 2 aliphatic rings. The number of nitrogens with one attached hydrogen (secondary N) is 1. The van der Waals surface area contributed by atoms with E-state index >= 15 is 0 Å². The molecule has 2 fully saturated rings. The Morgan fingerprint density at radius 1 is 1.29 bits per heavy atom. The molecule has 3 rings (SSSR count). The molecule has 21 heavy (non-hydrogen) atoms. The van der Waals surface area contributed by atoms with Crippen molar-refractivity contribution in [1.82, 2.24) is 5.32 Å². The Morgan fingerprint density at radius 2 is 2.00 bits per heavy atom. The predicted molar refractivity (Wildman–Crippen MR) is 80.4 cm³/mol. The smallest absolute Gasteiger partial charge is 0.365 e. The highest BCUT2D eigenvalue weighted by Crippen LogP contribution is 2.46. The standard InChI is InChI=1S/C15H18BrF3N2/c1-14(2)11-7-20-6-9(11)8-21(14)13-4-3-10(5-12(13)16)15(17,18)19/h3-5,9,11,20H,6-8H2,1-2H3. The molecule has 0 saturated carbocycles. The maximum Gasteiger partial charge on any atom is 0.416 e. The molecule has 0 radical (unpaired) electrons. The van der Waals surface area contributed by atoms with Crippen LogP contribution in [0.25, 0.3) is 0 Å². The quantitative estimate of drug-likeness (QED) is 0.814. The van der Waals surface area contributed by atoms with Gasteiger partial charge in [0, 0.05) is 29.6 Å². The molecule has 2 heterocycles. The van der Waals surface area contributed by atoms with Crippen LogP contribution in [0.15, 0.2) is 22.7 Å². The number of halogens is 4. The number of hydrogen-bond acceptors (Lipinski definition) is 2. The van der Waals surface area contributed by atoms with Gasteiger partial charge in [-0.3, -0.25) is 0 Å². The summed E-state index contributed by atoms with van der Waals surface area (Å²) in [5, 5.41) is 3.41. The molecule has 2 nitrogen and oxygen atoms in total. The third kappa shape index (κ3) is 2.46. The summed E-state index contributed by atoms with van der Waals surface area (Å²) in [6.45, 7) is 7.20. The molecule has 1 aromatic rings. The summed E-state index contributed by atoms with van der Waals surface area (Å²) in [5.41, 5.74) is 0.176. The van der Waals surface area contributed by atoms with Crippen LogP contribution < -0.4 is 10.2 Å². The first-order valence-electron chi connectivity index (χ1n) is 7.06. The maximum absolute atomic E-state index is 12.8. The second kappa shape index (κ2) is 4.88. The summed E-state index contributed by atoms with van der Waals surface area (Å²) in [5.74, 6) is 1.10. The maximum atomic E-state index is 12.8. The first kappa shape index (κ1) is 15.2. The van der Waals surface area contributed by atoms with Crippen molar-refractivity contribution in [2.75, 3.05) is 24.5 Å². The van der Waals surface area contributed by atoms with Crippen molar-refractivity contribution in [2.24, 2.45) is 11.8 Å². The topological polar surface area (TPSA) is 15.3 Å². The minimum absolute atomic E-state index is 0.0591. The molecule has 2 aliphatic heterocycles. The van der Waals surface area contributed by atoms with Crippen molar-refractivity contribution in [1.29, 1.82) is 0 Å². The van der Waals surface area contributed by atoms with E-state index in [0.717, 1.165) is 25.3 Å². The van der Waals surface area contributed by atoms with Crippen LogP contribution in [0.3, 0.4) is 0 Å². The van der Waals surface area contributed by atoms with Crippen LogP contribution in [0.1, 0.15) is 19.4 Å². The van der Waals surface area contributed by atoms with Gasteiger partial charge in [-0.15, -0.1) is 0 Å². The molecule has 0 amide bonds. The third-order valence-corrected chi connectivity index (χ3v) is 5.56. The summed E-state index contributed by atoms with van der Waals surface area (Å²) in [4.78, 5) is 2.24. The van der Waals surface area contributed by atoms with Gasteiger partial charge in [-0.05, 0) is 59.8 Å². The van der Waals surface area contributed by atoms with E-state index in [4.69, 9.17) is 0 Å². The second-order valence-corrected chi connectivity index (χ2v) is 7.31. The molecule has 1 N–H and O–H groups in total. The van der Waals surface area contributed by atoms with Gasteiger partial charge in [-0.1, -0.05) is 0 Å². The lowest BCUT2D eigenvalue weighted by Crippen LogP contribution is -2.44. The van der Waals surface area contributed by atoms with Crippen LogP contribution in [-0.2, 0) is 6.18 Å². The van der Waals surface area contributed by atoms with Crippen molar-refractivity contribution < 1.29 is 13.2 Å². The molecule has 0 aliphatic carbocycles. The van der Waals surface area contributed by atoms with Crippen molar-refractivity contribution in [3.05, 3.63) is 28.2 Å². The lowest BCUT2D eigenvalue weighted by molar-refractivity contribution is -0.137. The van der Waals surface area contributed by atoms with Crippen LogP contribution in [0.2, 0.25) is 0 Å². The van der Waals surface area contributed by atoms with Gasteiger partial charge in [-0.2, -0.15) is 13.2 Å². The van der Waals surface area contributed by atoms with Gasteiger partial charge >= 0.3 is 6.18 Å². The molecule has 0 bridgehead atoms. The third-order valence-electron chi connectivity index (χ3n) is 4.93. The van der Waals surface area contributed by atoms with Gasteiger partial charge in [-0.25, -0.2) is 0 Å². The number of anilines is 1. The molecule has 2 atom stereocenters. The highest BCUT2D eigenvalue weighted by Gasteiger charge is 2.50. The monoisotopic (exact) mass is 362 g/mol. The zero-order chi connectivity index (χ0) is 15.4. The molecular formula is C15H18BrF3N2. The molecule has 1 aromatic carbocycles. The molecule has 2 saturated heterocycles. The molecule has 0 spiro atoms. The first-order chi connectivity index (χ1) is 9.71. The van der Waals surface area contributed by atoms with Gasteiger partial charge in [0.05, 0.1) is 11.3 Å². The molecule has 2 unspecified atom stereocenters. The summed E-state index contributed by atoms with van der Waals surface area (Å²) < 4.78 is 38.8. The lowest BCUT2D eigenvalue weighted by atomic mass is 9.84. The van der Waals surface area contributed by atoms with E-state index in [1.54, 1.807) is 6.07 Å². The van der Waals surface area contributed by atoms with Crippen molar-refractivity contribution >= 4 is 21.6 Å². The highest BCUT2D eigenvalue weighted by atomic mass is 79.9. The Hall–Kier alpha value is -0.750. The fourth-order valence-electron chi connectivity index (χ4n) is 3.73. The van der Waals surface area contributed by atoms with Crippen LogP contribution in [0.4, 0.5) is 18.9 Å². The van der Waals surface area contributed by atoms with Crippen LogP contribution in [0, 0.1) is 11.8 Å². The van der Waals surface area contributed by atoms with E-state index in [1.807, 2.05) is 0 Å². The Labute approximate surface area is 130 Å². The number of nitrogens with zero attached hydrogens (tertiary/aromatic N) is 1. The SMILES string of the molecule is CC1(C)C2CNCC2CN1c1ccc(C(F)(F)F)cc1Br. The summed E-state index contributed by atoms with van der Waals surface area (Å²) in [7, 11) is 0.